The molecule has 0 amide bonds. The number of rotatable bonds is 3. The second-order valence-electron chi connectivity index (χ2n) is 1.64. The topological polar surface area (TPSA) is 9.23 Å². The molecule has 0 saturated carbocycles. The van der Waals surface area contributed by atoms with Gasteiger partial charge < -0.3 is 4.12 Å². The van der Waals surface area contributed by atoms with Crippen LogP contribution in [-0.4, -0.2) is 17.4 Å². The Morgan fingerprint density at radius 2 is 2.12 bits per heavy atom. The average molecular weight is 186 g/mol. The maximum Gasteiger partial charge on any atom is 0.346 e. The molecule has 0 N–H and O–H groups in total. The molecule has 5 heteroatoms. The number of hydrogen-bond donors (Lipinski definition) is 0. The highest BCUT2D eigenvalue weighted by molar-refractivity contribution is 7.08. The van der Waals surface area contributed by atoms with Crippen LogP contribution < -0.4 is 0 Å². The molecule has 0 aromatic heterocycles. The Morgan fingerprint density at radius 3 is 2.25 bits per heavy atom. The van der Waals surface area contributed by atoms with Crippen molar-refractivity contribution in [3.63, 3.8) is 0 Å². The first-order valence-corrected chi connectivity index (χ1v) is 6.65. The molecule has 0 bridgehead atoms. The molecule has 0 atom stereocenters. The van der Waals surface area contributed by atoms with Crippen LogP contribution in [0, 0.1) is 0 Å². The summed E-state index contributed by atoms with van der Waals surface area (Å²) in [6.45, 7) is 4.05. The summed E-state index contributed by atoms with van der Waals surface area (Å²) >= 11 is 11.0. The van der Waals surface area contributed by atoms with Crippen LogP contribution in [0.5, 0.6) is 0 Å². The van der Waals surface area contributed by atoms with E-state index in [9.17, 15) is 0 Å². The molecule has 0 heterocycles. The molecule has 47 valence electrons. The minimum Gasteiger partial charge on any atom is -0.432 e. The maximum absolute atomic E-state index is 5.72. The van der Waals surface area contributed by atoms with Crippen molar-refractivity contribution in [1.82, 2.24) is 0 Å². The van der Waals surface area contributed by atoms with Crippen molar-refractivity contribution in [2.24, 2.45) is 0 Å². The highest BCUT2D eigenvalue weighted by Crippen LogP contribution is 2.11. The summed E-state index contributed by atoms with van der Waals surface area (Å²) in [5, 5.41) is 0. The van der Waals surface area contributed by atoms with Crippen LogP contribution >= 0.6 is 22.2 Å². The van der Waals surface area contributed by atoms with E-state index in [-0.39, 0.29) is 9.07 Å². The predicted molar refractivity (Wildman–Crippen MR) is 39.4 cm³/mol. The lowest BCUT2D eigenvalue weighted by Gasteiger charge is -2.06. The summed E-state index contributed by atoms with van der Waals surface area (Å²) in [7, 11) is -1.09. The first-order chi connectivity index (χ1) is 3.68. The second-order valence-corrected chi connectivity index (χ2v) is 5.95. The van der Waals surface area contributed by atoms with Gasteiger partial charge in [-0.25, -0.2) is 0 Å². The van der Waals surface area contributed by atoms with Crippen LogP contribution in [-0.2, 0) is 4.12 Å². The van der Waals surface area contributed by atoms with Gasteiger partial charge in [0.05, 0.1) is 0 Å². The molecule has 0 fully saturated rings. The first-order valence-electron chi connectivity index (χ1n) is 2.23. The van der Waals surface area contributed by atoms with E-state index < -0.39 is 8.35 Å². The SMILES string of the molecule is CC(C)[Si](Cl)O[Si]Cl. The molecular formula is C3H7Cl2OSi2. The quantitative estimate of drug-likeness (QED) is 0.483. The third kappa shape index (κ3) is 3.91. The van der Waals surface area contributed by atoms with Gasteiger partial charge in [0.1, 0.15) is 0 Å². The van der Waals surface area contributed by atoms with E-state index in [0.29, 0.717) is 5.54 Å². The third-order valence-electron chi connectivity index (χ3n) is 0.590. The summed E-state index contributed by atoms with van der Waals surface area (Å²) in [6, 6.07) is 0. The van der Waals surface area contributed by atoms with Gasteiger partial charge in [-0.05, 0) is 5.54 Å². The van der Waals surface area contributed by atoms with Gasteiger partial charge in [-0.1, -0.05) is 13.8 Å². The van der Waals surface area contributed by atoms with Crippen molar-refractivity contribution >= 4 is 39.6 Å². The minimum absolute atomic E-state index is 0.0164. The van der Waals surface area contributed by atoms with Crippen molar-refractivity contribution in [3.05, 3.63) is 0 Å². The van der Waals surface area contributed by atoms with Gasteiger partial charge in [-0.15, -0.1) is 22.2 Å². The summed E-state index contributed by atoms with van der Waals surface area (Å²) in [6.07, 6.45) is 0. The van der Waals surface area contributed by atoms with E-state index in [4.69, 9.17) is 26.3 Å². The molecule has 0 spiro atoms. The first kappa shape index (κ1) is 8.97. The van der Waals surface area contributed by atoms with Gasteiger partial charge in [0.15, 0.2) is 0 Å². The van der Waals surface area contributed by atoms with E-state index in [1.54, 1.807) is 0 Å². The van der Waals surface area contributed by atoms with Gasteiger partial charge in [0.25, 0.3) is 0 Å². The molecular weight excluding hydrogens is 179 g/mol. The summed E-state index contributed by atoms with van der Waals surface area (Å²) < 4.78 is 4.96. The van der Waals surface area contributed by atoms with E-state index in [0.717, 1.165) is 0 Å². The molecule has 0 aromatic rings. The monoisotopic (exact) mass is 185 g/mol. The standard InChI is InChI=1S/C3H7Cl2OSi2/c1-3(2)8(5)6-7-4/h3H,1-2H3. The lowest BCUT2D eigenvalue weighted by atomic mass is 10.6. The lowest BCUT2D eigenvalue weighted by Crippen LogP contribution is -2.14. The molecule has 0 aliphatic rings. The highest BCUT2D eigenvalue weighted by atomic mass is 35.6. The largest absolute Gasteiger partial charge is 0.432 e. The average Bonchev–Trinajstić information content (AvgIpc) is 1.67. The normalized spacial score (nSPS) is 11.2. The fraction of sp³-hybridized carbons (Fsp3) is 1.00. The molecule has 1 nitrogen and oxygen atoms in total. The van der Waals surface area contributed by atoms with Crippen LogP contribution in [0.3, 0.4) is 0 Å². The fourth-order valence-electron chi connectivity index (χ4n) is 0.155. The highest BCUT2D eigenvalue weighted by Gasteiger charge is 2.13. The Morgan fingerprint density at radius 1 is 1.62 bits per heavy atom. The molecule has 0 rings (SSSR count). The fourth-order valence-corrected chi connectivity index (χ4v) is 2.84. The molecule has 8 heavy (non-hydrogen) atoms. The van der Waals surface area contributed by atoms with Gasteiger partial charge >= 0.3 is 17.4 Å². The minimum atomic E-state index is -1.10. The predicted octanol–water partition coefficient (Wildman–Crippen LogP) is 1.91. The second kappa shape index (κ2) is 4.82. The number of hydrogen-bond acceptors (Lipinski definition) is 1. The van der Waals surface area contributed by atoms with E-state index >= 15 is 0 Å². The summed E-state index contributed by atoms with van der Waals surface area (Å²) in [5.41, 5.74) is 0.438. The van der Waals surface area contributed by atoms with Crippen LogP contribution in [0.4, 0.5) is 0 Å². The molecule has 0 unspecified atom stereocenters. The van der Waals surface area contributed by atoms with E-state index in [1.807, 2.05) is 13.8 Å². The lowest BCUT2D eigenvalue weighted by molar-refractivity contribution is 0.628. The Labute approximate surface area is 63.4 Å². The van der Waals surface area contributed by atoms with Gasteiger partial charge in [0.2, 0.25) is 0 Å². The third-order valence-corrected chi connectivity index (χ3v) is 5.28. The number of halogens is 2. The molecule has 0 aliphatic carbocycles. The summed E-state index contributed by atoms with van der Waals surface area (Å²) in [5.74, 6) is 0. The maximum atomic E-state index is 5.72. The van der Waals surface area contributed by atoms with Crippen molar-refractivity contribution in [3.8, 4) is 0 Å². The zero-order valence-electron chi connectivity index (χ0n) is 4.74. The molecule has 0 saturated heterocycles. The van der Waals surface area contributed by atoms with Crippen LogP contribution in [0.15, 0.2) is 0 Å². The zero-order chi connectivity index (χ0) is 6.57. The van der Waals surface area contributed by atoms with Gasteiger partial charge in [-0.2, -0.15) is 0 Å². The Balaban J connectivity index is 3.17. The summed E-state index contributed by atoms with van der Waals surface area (Å²) in [4.78, 5) is 0. The van der Waals surface area contributed by atoms with Gasteiger partial charge in [-0.3, -0.25) is 0 Å². The van der Waals surface area contributed by atoms with E-state index in [2.05, 4.69) is 0 Å². The Kier molecular flexibility index (Phi) is 5.40. The van der Waals surface area contributed by atoms with Crippen LogP contribution in [0.1, 0.15) is 13.8 Å². The van der Waals surface area contributed by atoms with Gasteiger partial charge in [0, 0.05) is 0 Å². The van der Waals surface area contributed by atoms with Crippen molar-refractivity contribution < 1.29 is 4.12 Å². The molecule has 0 aliphatic heterocycles. The molecule has 0 aromatic carbocycles. The zero-order valence-corrected chi connectivity index (χ0v) is 8.25. The van der Waals surface area contributed by atoms with Crippen LogP contribution in [0.2, 0.25) is 5.54 Å². The van der Waals surface area contributed by atoms with Crippen molar-refractivity contribution in [2.75, 3.05) is 0 Å². The van der Waals surface area contributed by atoms with Crippen LogP contribution in [0.25, 0.3) is 0 Å². The Hall–Kier alpha value is 0.974. The van der Waals surface area contributed by atoms with Crippen molar-refractivity contribution in [1.29, 1.82) is 0 Å². The smallest absolute Gasteiger partial charge is 0.346 e. The van der Waals surface area contributed by atoms with E-state index in [1.165, 1.54) is 0 Å². The molecule has 3 radical (unpaired) electrons. The van der Waals surface area contributed by atoms with Crippen molar-refractivity contribution in [2.45, 2.75) is 19.4 Å². The Bertz CT molecular complexity index is 61.2.